The first-order valence-electron chi connectivity index (χ1n) is 6.83. The third-order valence-corrected chi connectivity index (χ3v) is 3.52. The molecular formula is C17H13FN4. The van der Waals surface area contributed by atoms with Gasteiger partial charge in [-0.1, -0.05) is 35.5 Å². The standard InChI is InChI=1S/C17H13FN4/c1-12-17(14-7-8-16(18)15(9-14)10-19)20-21-22(12)11-13-5-3-2-4-6-13/h2-9H,11H2,1H3. The molecule has 0 unspecified atom stereocenters. The summed E-state index contributed by atoms with van der Waals surface area (Å²) in [6.07, 6.45) is 0. The predicted molar refractivity (Wildman–Crippen MR) is 80.4 cm³/mol. The maximum absolute atomic E-state index is 13.4. The number of nitrogens with zero attached hydrogens (tertiary/aromatic N) is 4. The van der Waals surface area contributed by atoms with Crippen LogP contribution in [0.25, 0.3) is 11.3 Å². The van der Waals surface area contributed by atoms with Gasteiger partial charge in [0.15, 0.2) is 0 Å². The van der Waals surface area contributed by atoms with E-state index in [4.69, 9.17) is 5.26 Å². The number of benzene rings is 2. The third-order valence-electron chi connectivity index (χ3n) is 3.52. The Balaban J connectivity index is 1.95. The highest BCUT2D eigenvalue weighted by molar-refractivity contribution is 5.63. The number of hydrogen-bond acceptors (Lipinski definition) is 3. The molecule has 0 saturated carbocycles. The second-order valence-electron chi connectivity index (χ2n) is 4.97. The SMILES string of the molecule is Cc1c(-c2ccc(F)c(C#N)c2)nnn1Cc1ccccc1. The molecule has 3 rings (SSSR count). The van der Waals surface area contributed by atoms with Gasteiger partial charge in [-0.25, -0.2) is 9.07 Å². The van der Waals surface area contributed by atoms with Gasteiger partial charge in [-0.3, -0.25) is 0 Å². The molecule has 2 aromatic carbocycles. The maximum atomic E-state index is 13.4. The average molecular weight is 292 g/mol. The summed E-state index contributed by atoms with van der Waals surface area (Å²) in [5.74, 6) is -0.527. The van der Waals surface area contributed by atoms with E-state index in [-0.39, 0.29) is 5.56 Å². The lowest BCUT2D eigenvalue weighted by Crippen LogP contribution is -2.03. The summed E-state index contributed by atoms with van der Waals surface area (Å²) in [6.45, 7) is 2.53. The van der Waals surface area contributed by atoms with Crippen LogP contribution in [0.1, 0.15) is 16.8 Å². The van der Waals surface area contributed by atoms with Gasteiger partial charge in [-0.05, 0) is 30.7 Å². The number of nitriles is 1. The van der Waals surface area contributed by atoms with E-state index < -0.39 is 5.82 Å². The molecule has 22 heavy (non-hydrogen) atoms. The van der Waals surface area contributed by atoms with E-state index in [1.807, 2.05) is 43.3 Å². The van der Waals surface area contributed by atoms with Crippen LogP contribution in [0.15, 0.2) is 48.5 Å². The molecule has 5 heteroatoms. The molecule has 0 atom stereocenters. The first-order chi connectivity index (χ1) is 10.7. The Morgan fingerprint density at radius 2 is 1.95 bits per heavy atom. The summed E-state index contributed by atoms with van der Waals surface area (Å²) in [6, 6.07) is 16.2. The maximum Gasteiger partial charge on any atom is 0.140 e. The van der Waals surface area contributed by atoms with Crippen molar-refractivity contribution in [1.29, 1.82) is 5.26 Å². The topological polar surface area (TPSA) is 54.5 Å². The van der Waals surface area contributed by atoms with Crippen molar-refractivity contribution >= 4 is 0 Å². The molecule has 0 N–H and O–H groups in total. The Hall–Kier alpha value is -3.00. The Morgan fingerprint density at radius 3 is 2.68 bits per heavy atom. The Bertz CT molecular complexity index is 847. The summed E-state index contributed by atoms with van der Waals surface area (Å²) in [4.78, 5) is 0. The van der Waals surface area contributed by atoms with Crippen molar-refractivity contribution in [3.05, 3.63) is 71.2 Å². The van der Waals surface area contributed by atoms with E-state index in [1.165, 1.54) is 12.1 Å². The van der Waals surface area contributed by atoms with Crippen LogP contribution < -0.4 is 0 Å². The number of halogens is 1. The van der Waals surface area contributed by atoms with Gasteiger partial charge in [0, 0.05) is 5.56 Å². The highest BCUT2D eigenvalue weighted by Gasteiger charge is 2.13. The van der Waals surface area contributed by atoms with Crippen LogP contribution in [0.4, 0.5) is 4.39 Å². The first-order valence-corrected chi connectivity index (χ1v) is 6.83. The second kappa shape index (κ2) is 5.78. The van der Waals surface area contributed by atoms with Gasteiger partial charge in [0.2, 0.25) is 0 Å². The van der Waals surface area contributed by atoms with Crippen molar-refractivity contribution in [3.63, 3.8) is 0 Å². The number of aromatic nitrogens is 3. The van der Waals surface area contributed by atoms with Crippen LogP contribution in [0.3, 0.4) is 0 Å². The van der Waals surface area contributed by atoms with Gasteiger partial charge in [-0.15, -0.1) is 5.10 Å². The fraction of sp³-hybridized carbons (Fsp3) is 0.118. The quantitative estimate of drug-likeness (QED) is 0.744. The number of rotatable bonds is 3. The largest absolute Gasteiger partial charge is 0.245 e. The van der Waals surface area contributed by atoms with Crippen LogP contribution in [-0.2, 0) is 6.54 Å². The second-order valence-corrected chi connectivity index (χ2v) is 4.97. The minimum atomic E-state index is -0.527. The monoisotopic (exact) mass is 292 g/mol. The van der Waals surface area contributed by atoms with Crippen molar-refractivity contribution in [1.82, 2.24) is 15.0 Å². The molecule has 0 aliphatic carbocycles. The minimum Gasteiger partial charge on any atom is -0.245 e. The summed E-state index contributed by atoms with van der Waals surface area (Å²) >= 11 is 0. The highest BCUT2D eigenvalue weighted by Crippen LogP contribution is 2.23. The van der Waals surface area contributed by atoms with Crippen LogP contribution in [0.2, 0.25) is 0 Å². The molecule has 0 amide bonds. The normalized spacial score (nSPS) is 10.4. The van der Waals surface area contributed by atoms with Gasteiger partial charge in [0.1, 0.15) is 17.6 Å². The molecule has 4 nitrogen and oxygen atoms in total. The molecule has 1 heterocycles. The van der Waals surface area contributed by atoms with Gasteiger partial charge in [0.05, 0.1) is 17.8 Å². The highest BCUT2D eigenvalue weighted by atomic mass is 19.1. The fourth-order valence-electron chi connectivity index (χ4n) is 2.29. The molecule has 0 aliphatic heterocycles. The Kier molecular flexibility index (Phi) is 3.67. The van der Waals surface area contributed by atoms with Crippen molar-refractivity contribution in [3.8, 4) is 17.3 Å². The molecule has 108 valence electrons. The zero-order valence-corrected chi connectivity index (χ0v) is 12.0. The van der Waals surface area contributed by atoms with E-state index in [0.29, 0.717) is 17.8 Å². The van der Waals surface area contributed by atoms with Crippen LogP contribution in [0, 0.1) is 24.1 Å². The zero-order chi connectivity index (χ0) is 15.5. The minimum absolute atomic E-state index is 0.00880. The Labute approximate surface area is 127 Å². The van der Waals surface area contributed by atoms with Gasteiger partial charge >= 0.3 is 0 Å². The summed E-state index contributed by atoms with van der Waals surface area (Å²) in [5, 5.41) is 17.3. The Morgan fingerprint density at radius 1 is 1.18 bits per heavy atom. The molecule has 1 aromatic heterocycles. The number of hydrogen-bond donors (Lipinski definition) is 0. The summed E-state index contributed by atoms with van der Waals surface area (Å²) in [5.41, 5.74) is 3.36. The van der Waals surface area contributed by atoms with Crippen LogP contribution in [-0.4, -0.2) is 15.0 Å². The molecule has 0 radical (unpaired) electrons. The molecule has 3 aromatic rings. The molecule has 0 saturated heterocycles. The lowest BCUT2D eigenvalue weighted by Gasteiger charge is -2.04. The molecule has 0 aliphatic rings. The van der Waals surface area contributed by atoms with Crippen LogP contribution in [0.5, 0.6) is 0 Å². The van der Waals surface area contributed by atoms with E-state index in [0.717, 1.165) is 11.3 Å². The van der Waals surface area contributed by atoms with Gasteiger partial charge < -0.3 is 0 Å². The third kappa shape index (κ3) is 2.59. The first kappa shape index (κ1) is 14.0. The smallest absolute Gasteiger partial charge is 0.140 e. The van der Waals surface area contributed by atoms with Crippen molar-refractivity contribution < 1.29 is 4.39 Å². The molecule has 0 spiro atoms. The van der Waals surface area contributed by atoms with E-state index in [1.54, 1.807) is 10.7 Å². The molecule has 0 fully saturated rings. The predicted octanol–water partition coefficient (Wildman–Crippen LogP) is 3.31. The average Bonchev–Trinajstić information content (AvgIpc) is 2.90. The lowest BCUT2D eigenvalue weighted by atomic mass is 10.1. The zero-order valence-electron chi connectivity index (χ0n) is 12.0. The van der Waals surface area contributed by atoms with Gasteiger partial charge in [0.25, 0.3) is 0 Å². The van der Waals surface area contributed by atoms with Crippen molar-refractivity contribution in [2.75, 3.05) is 0 Å². The van der Waals surface area contributed by atoms with Crippen molar-refractivity contribution in [2.24, 2.45) is 0 Å². The van der Waals surface area contributed by atoms with E-state index in [2.05, 4.69) is 10.3 Å². The van der Waals surface area contributed by atoms with E-state index in [9.17, 15) is 4.39 Å². The summed E-state index contributed by atoms with van der Waals surface area (Å²) < 4.78 is 15.2. The summed E-state index contributed by atoms with van der Waals surface area (Å²) in [7, 11) is 0. The van der Waals surface area contributed by atoms with Crippen molar-refractivity contribution in [2.45, 2.75) is 13.5 Å². The molecule has 0 bridgehead atoms. The van der Waals surface area contributed by atoms with Gasteiger partial charge in [-0.2, -0.15) is 5.26 Å². The molecular weight excluding hydrogens is 279 g/mol. The van der Waals surface area contributed by atoms with E-state index >= 15 is 0 Å². The fourth-order valence-corrected chi connectivity index (χ4v) is 2.29. The lowest BCUT2D eigenvalue weighted by molar-refractivity contribution is 0.624. The van der Waals surface area contributed by atoms with Crippen LogP contribution >= 0.6 is 0 Å².